The van der Waals surface area contributed by atoms with Crippen LogP contribution in [0, 0.1) is 6.92 Å². The monoisotopic (exact) mass is 260 g/mol. The summed E-state index contributed by atoms with van der Waals surface area (Å²) in [5.74, 6) is -0.211. The summed E-state index contributed by atoms with van der Waals surface area (Å²) in [7, 11) is 0. The van der Waals surface area contributed by atoms with Gasteiger partial charge in [-0.2, -0.15) is 0 Å². The third kappa shape index (κ3) is 3.47. The predicted molar refractivity (Wildman–Crippen MR) is 67.8 cm³/mol. The molecule has 6 heteroatoms. The van der Waals surface area contributed by atoms with Gasteiger partial charge in [0.2, 0.25) is 0 Å². The summed E-state index contributed by atoms with van der Waals surface area (Å²) in [6.07, 6.45) is 1.83. The van der Waals surface area contributed by atoms with Crippen LogP contribution >= 0.6 is 23.1 Å². The highest BCUT2D eigenvalue weighted by Crippen LogP contribution is 2.32. The number of nitrogens with two attached hydrogens (primary N) is 1. The van der Waals surface area contributed by atoms with E-state index in [1.807, 2.05) is 27.0 Å². The second kappa shape index (κ2) is 5.16. The highest BCUT2D eigenvalue weighted by molar-refractivity contribution is 8.00. The van der Waals surface area contributed by atoms with E-state index in [2.05, 4.69) is 4.98 Å². The van der Waals surface area contributed by atoms with E-state index in [0.29, 0.717) is 0 Å². The van der Waals surface area contributed by atoms with E-state index in [-0.39, 0.29) is 0 Å². The molecule has 1 atom stereocenters. The number of thioether (sulfide) groups is 1. The molecule has 0 unspecified atom stereocenters. The minimum atomic E-state index is -0.960. The number of hydrogen-bond acceptors (Lipinski definition) is 5. The molecule has 0 radical (unpaired) electrons. The van der Waals surface area contributed by atoms with Crippen LogP contribution in [-0.2, 0) is 10.5 Å². The number of rotatable bonds is 5. The quantitative estimate of drug-likeness (QED) is 0.845. The fraction of sp³-hybridized carbons (Fsp3) is 0.600. The van der Waals surface area contributed by atoms with Gasteiger partial charge < -0.3 is 10.8 Å². The molecule has 90 valence electrons. The zero-order valence-electron chi connectivity index (χ0n) is 9.56. The summed E-state index contributed by atoms with van der Waals surface area (Å²) in [4.78, 5) is 16.1. The van der Waals surface area contributed by atoms with Gasteiger partial charge in [-0.3, -0.25) is 4.79 Å². The molecular weight excluding hydrogens is 244 g/mol. The van der Waals surface area contributed by atoms with E-state index in [1.54, 1.807) is 23.1 Å². The van der Waals surface area contributed by atoms with E-state index < -0.39 is 16.8 Å². The Hall–Kier alpha value is -0.590. The molecule has 1 aromatic rings. The Kier molecular flexibility index (Phi) is 4.35. The Balaban J connectivity index is 2.57. The summed E-state index contributed by atoms with van der Waals surface area (Å²) >= 11 is 3.17. The van der Waals surface area contributed by atoms with E-state index in [9.17, 15) is 4.79 Å². The van der Waals surface area contributed by atoms with Crippen LogP contribution in [0.2, 0.25) is 0 Å². The van der Waals surface area contributed by atoms with Crippen molar-refractivity contribution in [3.8, 4) is 0 Å². The van der Waals surface area contributed by atoms with Gasteiger partial charge in [0.25, 0.3) is 0 Å². The lowest BCUT2D eigenvalue weighted by atomic mass is 10.1. The number of carbonyl (C=O) groups is 1. The van der Waals surface area contributed by atoms with Crippen molar-refractivity contribution in [3.63, 3.8) is 0 Å². The van der Waals surface area contributed by atoms with Crippen molar-refractivity contribution in [2.75, 3.05) is 0 Å². The van der Waals surface area contributed by atoms with E-state index >= 15 is 0 Å². The lowest BCUT2D eigenvalue weighted by Crippen LogP contribution is -2.46. The molecule has 0 bridgehead atoms. The topological polar surface area (TPSA) is 76.2 Å². The molecule has 0 saturated heterocycles. The maximum Gasteiger partial charge on any atom is 0.321 e. The van der Waals surface area contributed by atoms with Crippen LogP contribution < -0.4 is 5.73 Å². The van der Waals surface area contributed by atoms with Gasteiger partial charge in [-0.05, 0) is 20.8 Å². The molecule has 0 saturated carbocycles. The van der Waals surface area contributed by atoms with Crippen molar-refractivity contribution in [3.05, 3.63) is 16.1 Å². The number of aryl methyl sites for hydroxylation is 1. The number of aliphatic carboxylic acids is 1. The van der Waals surface area contributed by atoms with Crippen LogP contribution in [0.5, 0.6) is 0 Å². The molecule has 0 aromatic carbocycles. The number of hydrogen-bond donors (Lipinski definition) is 2. The number of thiazole rings is 1. The molecule has 0 aliphatic carbocycles. The van der Waals surface area contributed by atoms with Gasteiger partial charge in [0.1, 0.15) is 6.04 Å². The van der Waals surface area contributed by atoms with Crippen molar-refractivity contribution in [1.29, 1.82) is 0 Å². The molecule has 16 heavy (non-hydrogen) atoms. The molecule has 0 aliphatic rings. The van der Waals surface area contributed by atoms with Crippen LogP contribution in [0.4, 0.5) is 0 Å². The number of nitrogens with zero attached hydrogens (tertiary/aromatic N) is 1. The standard InChI is InChI=1S/C10H16N2O2S2/c1-6-12-4-7(16-6)5-15-10(2,3)8(11)9(13)14/h4,8H,5,11H2,1-3H3,(H,13,14)/t8-/m1/s1. The zero-order chi connectivity index (χ0) is 12.3. The van der Waals surface area contributed by atoms with E-state index in [1.165, 1.54) is 0 Å². The highest BCUT2D eigenvalue weighted by Gasteiger charge is 2.32. The smallest absolute Gasteiger partial charge is 0.321 e. The van der Waals surface area contributed by atoms with Crippen LogP contribution in [0.1, 0.15) is 23.7 Å². The van der Waals surface area contributed by atoms with E-state index in [4.69, 9.17) is 10.8 Å². The Morgan fingerprint density at radius 1 is 1.75 bits per heavy atom. The van der Waals surface area contributed by atoms with Gasteiger partial charge in [0.15, 0.2) is 0 Å². The Morgan fingerprint density at radius 2 is 2.38 bits per heavy atom. The molecule has 0 aliphatic heterocycles. The van der Waals surface area contributed by atoms with Crippen LogP contribution in [-0.4, -0.2) is 26.8 Å². The first-order valence-electron chi connectivity index (χ1n) is 4.86. The fourth-order valence-electron chi connectivity index (χ4n) is 1.12. The third-order valence-electron chi connectivity index (χ3n) is 2.27. The first-order valence-corrected chi connectivity index (χ1v) is 6.67. The zero-order valence-corrected chi connectivity index (χ0v) is 11.2. The van der Waals surface area contributed by atoms with Crippen molar-refractivity contribution < 1.29 is 9.90 Å². The van der Waals surface area contributed by atoms with Gasteiger partial charge in [-0.25, -0.2) is 4.98 Å². The molecule has 0 spiro atoms. The average Bonchev–Trinajstić information content (AvgIpc) is 2.60. The molecule has 1 heterocycles. The van der Waals surface area contributed by atoms with Crippen LogP contribution in [0.15, 0.2) is 6.20 Å². The minimum absolute atomic E-state index is 0.482. The first kappa shape index (κ1) is 13.5. The van der Waals surface area contributed by atoms with Crippen molar-refractivity contribution in [2.24, 2.45) is 5.73 Å². The summed E-state index contributed by atoms with van der Waals surface area (Å²) in [6.45, 7) is 5.65. The minimum Gasteiger partial charge on any atom is -0.480 e. The highest BCUT2D eigenvalue weighted by atomic mass is 32.2. The summed E-state index contributed by atoms with van der Waals surface area (Å²) in [5.41, 5.74) is 5.63. The Morgan fingerprint density at radius 3 is 2.81 bits per heavy atom. The molecule has 3 N–H and O–H groups in total. The van der Waals surface area contributed by atoms with Gasteiger partial charge in [0, 0.05) is 21.6 Å². The summed E-state index contributed by atoms with van der Waals surface area (Å²) in [5, 5.41) is 9.89. The SMILES string of the molecule is Cc1ncc(CSC(C)(C)[C@H](N)C(=O)O)s1. The summed E-state index contributed by atoms with van der Waals surface area (Å²) in [6, 6.07) is -0.855. The fourth-order valence-corrected chi connectivity index (χ4v) is 2.99. The summed E-state index contributed by atoms with van der Waals surface area (Å²) < 4.78 is -0.482. The normalized spacial score (nSPS) is 13.8. The lowest BCUT2D eigenvalue weighted by molar-refractivity contribution is -0.139. The molecule has 0 amide bonds. The van der Waals surface area contributed by atoms with Crippen molar-refractivity contribution >= 4 is 29.1 Å². The van der Waals surface area contributed by atoms with Gasteiger partial charge in [-0.1, -0.05) is 0 Å². The number of carboxylic acids is 1. The first-order chi connectivity index (χ1) is 7.33. The van der Waals surface area contributed by atoms with Crippen LogP contribution in [0.3, 0.4) is 0 Å². The van der Waals surface area contributed by atoms with Crippen LogP contribution in [0.25, 0.3) is 0 Å². The molecule has 1 aromatic heterocycles. The molecule has 0 fully saturated rings. The number of aromatic nitrogens is 1. The molecular formula is C10H16N2O2S2. The van der Waals surface area contributed by atoms with Crippen molar-refractivity contribution in [1.82, 2.24) is 4.98 Å². The van der Waals surface area contributed by atoms with Gasteiger partial charge in [-0.15, -0.1) is 23.1 Å². The van der Waals surface area contributed by atoms with Crippen molar-refractivity contribution in [2.45, 2.75) is 37.3 Å². The Labute approximate surface area is 103 Å². The predicted octanol–water partition coefficient (Wildman–Crippen LogP) is 1.88. The molecule has 1 rings (SSSR count). The average molecular weight is 260 g/mol. The second-order valence-corrected chi connectivity index (χ2v) is 7.00. The maximum atomic E-state index is 10.8. The van der Waals surface area contributed by atoms with E-state index in [0.717, 1.165) is 15.6 Å². The van der Waals surface area contributed by atoms with Gasteiger partial charge in [0.05, 0.1) is 5.01 Å². The largest absolute Gasteiger partial charge is 0.480 e. The second-order valence-electron chi connectivity index (χ2n) is 4.05. The lowest BCUT2D eigenvalue weighted by Gasteiger charge is -2.27. The Bertz CT molecular complexity index is 377. The third-order valence-corrected chi connectivity index (χ3v) is 4.82. The molecule has 4 nitrogen and oxygen atoms in total. The number of carboxylic acid groups (broad SMARTS) is 1. The van der Waals surface area contributed by atoms with Gasteiger partial charge >= 0.3 is 5.97 Å². The maximum absolute atomic E-state index is 10.8.